The van der Waals surface area contributed by atoms with Gasteiger partial charge in [-0.1, -0.05) is 35.9 Å². The van der Waals surface area contributed by atoms with Crippen LogP contribution in [0.5, 0.6) is 0 Å². The number of rotatable bonds is 6. The molecule has 0 bridgehead atoms. The maximum absolute atomic E-state index is 12.7. The maximum Gasteiger partial charge on any atom is 0.360 e. The van der Waals surface area contributed by atoms with Crippen LogP contribution >= 0.6 is 0 Å². The van der Waals surface area contributed by atoms with E-state index in [2.05, 4.69) is 10.4 Å². The third-order valence-electron chi connectivity index (χ3n) is 4.35. The molecule has 3 rings (SSSR count). The zero-order valence-corrected chi connectivity index (χ0v) is 16.1. The summed E-state index contributed by atoms with van der Waals surface area (Å²) < 4.78 is 6.29. The van der Waals surface area contributed by atoms with Gasteiger partial charge in [-0.3, -0.25) is 9.59 Å². The van der Waals surface area contributed by atoms with E-state index in [1.807, 2.05) is 19.1 Å². The van der Waals surface area contributed by atoms with Crippen LogP contribution in [0.3, 0.4) is 0 Å². The molecule has 150 valence electrons. The lowest BCUT2D eigenvalue weighted by Crippen LogP contribution is -2.32. The van der Waals surface area contributed by atoms with E-state index in [0.29, 0.717) is 11.1 Å². The molecule has 2 N–H and O–H groups in total. The van der Waals surface area contributed by atoms with Gasteiger partial charge >= 0.3 is 5.97 Å². The van der Waals surface area contributed by atoms with Crippen molar-refractivity contribution in [2.24, 2.45) is 0 Å². The van der Waals surface area contributed by atoms with Gasteiger partial charge in [0.25, 0.3) is 11.5 Å². The standard InChI is InChI=1S/C21H21N3O5/c1-13-7-9-15(10-8-13)22-19(26)14(2)29-21(28)18-16-5-3-4-6-17(16)20(27)24(23-18)11-12-25/h3-10,14,25H,11-12H2,1-2H3,(H,22,26)/t14-/m0/s1. The number of anilines is 1. The molecular formula is C21H21N3O5. The van der Waals surface area contributed by atoms with Gasteiger partial charge in [0.15, 0.2) is 11.8 Å². The third kappa shape index (κ3) is 4.49. The molecule has 0 spiro atoms. The maximum atomic E-state index is 12.7. The molecule has 8 heteroatoms. The van der Waals surface area contributed by atoms with Gasteiger partial charge < -0.3 is 15.2 Å². The van der Waals surface area contributed by atoms with Crippen LogP contribution in [0.25, 0.3) is 10.8 Å². The predicted molar refractivity (Wildman–Crippen MR) is 108 cm³/mol. The second kappa shape index (κ2) is 8.66. The Bertz CT molecular complexity index is 1110. The van der Waals surface area contributed by atoms with Gasteiger partial charge in [-0.25, -0.2) is 9.48 Å². The van der Waals surface area contributed by atoms with Gasteiger partial charge in [0.05, 0.1) is 18.5 Å². The smallest absolute Gasteiger partial charge is 0.360 e. The third-order valence-corrected chi connectivity index (χ3v) is 4.35. The van der Waals surface area contributed by atoms with E-state index >= 15 is 0 Å². The quantitative estimate of drug-likeness (QED) is 0.617. The van der Waals surface area contributed by atoms with Gasteiger partial charge in [0.2, 0.25) is 0 Å². The molecule has 0 aliphatic heterocycles. The average Bonchev–Trinajstić information content (AvgIpc) is 2.71. The Hall–Kier alpha value is -3.52. The molecule has 0 radical (unpaired) electrons. The fourth-order valence-electron chi connectivity index (χ4n) is 2.78. The Morgan fingerprint density at radius 3 is 2.45 bits per heavy atom. The Morgan fingerprint density at radius 1 is 1.14 bits per heavy atom. The number of carbonyl (C=O) groups is 2. The summed E-state index contributed by atoms with van der Waals surface area (Å²) in [6.07, 6.45) is -1.08. The summed E-state index contributed by atoms with van der Waals surface area (Å²) >= 11 is 0. The number of esters is 1. The van der Waals surface area contributed by atoms with Crippen LogP contribution in [0.1, 0.15) is 23.0 Å². The van der Waals surface area contributed by atoms with Crippen molar-refractivity contribution in [1.29, 1.82) is 0 Å². The molecular weight excluding hydrogens is 374 g/mol. The van der Waals surface area contributed by atoms with Crippen LogP contribution in [-0.4, -0.2) is 39.5 Å². The van der Waals surface area contributed by atoms with E-state index in [4.69, 9.17) is 9.84 Å². The average molecular weight is 395 g/mol. The number of carbonyl (C=O) groups excluding carboxylic acids is 2. The predicted octanol–water partition coefficient (Wildman–Crippen LogP) is 1.88. The number of nitrogens with one attached hydrogen (secondary N) is 1. The van der Waals surface area contributed by atoms with Crippen LogP contribution in [0.4, 0.5) is 5.69 Å². The van der Waals surface area contributed by atoms with Gasteiger partial charge in [0.1, 0.15) is 0 Å². The number of aromatic nitrogens is 2. The van der Waals surface area contributed by atoms with Crippen LogP contribution in [0.15, 0.2) is 53.3 Å². The van der Waals surface area contributed by atoms with E-state index in [1.165, 1.54) is 6.92 Å². The van der Waals surface area contributed by atoms with Crippen molar-refractivity contribution in [2.45, 2.75) is 26.5 Å². The highest BCUT2D eigenvalue weighted by molar-refractivity contribution is 6.03. The van der Waals surface area contributed by atoms with Gasteiger partial charge in [-0.05, 0) is 32.0 Å². The minimum absolute atomic E-state index is 0.0621. The van der Waals surface area contributed by atoms with Crippen LogP contribution in [0, 0.1) is 6.92 Å². The fourth-order valence-corrected chi connectivity index (χ4v) is 2.78. The first kappa shape index (κ1) is 20.2. The molecule has 0 saturated heterocycles. The summed E-state index contributed by atoms with van der Waals surface area (Å²) in [7, 11) is 0. The number of aryl methyl sites for hydroxylation is 1. The van der Waals surface area contributed by atoms with Crippen LogP contribution in [-0.2, 0) is 16.1 Å². The Labute approximate surface area is 166 Å². The summed E-state index contributed by atoms with van der Waals surface area (Å²) in [5.41, 5.74) is 1.13. The lowest BCUT2D eigenvalue weighted by atomic mass is 10.1. The van der Waals surface area contributed by atoms with Crippen molar-refractivity contribution in [3.05, 3.63) is 70.1 Å². The number of hydrogen-bond acceptors (Lipinski definition) is 6. The van der Waals surface area contributed by atoms with Crippen LogP contribution < -0.4 is 10.9 Å². The van der Waals surface area contributed by atoms with Crippen molar-refractivity contribution < 1.29 is 19.4 Å². The zero-order chi connectivity index (χ0) is 21.0. The van der Waals surface area contributed by atoms with Crippen molar-refractivity contribution in [2.75, 3.05) is 11.9 Å². The summed E-state index contributed by atoms with van der Waals surface area (Å²) in [5, 5.41) is 16.5. The Kier molecular flexibility index (Phi) is 6.04. The van der Waals surface area contributed by atoms with Crippen molar-refractivity contribution in [3.8, 4) is 0 Å². The second-order valence-corrected chi connectivity index (χ2v) is 6.55. The lowest BCUT2D eigenvalue weighted by Gasteiger charge is -2.15. The monoisotopic (exact) mass is 395 g/mol. The largest absolute Gasteiger partial charge is 0.448 e. The summed E-state index contributed by atoms with van der Waals surface area (Å²) in [5.74, 6) is -1.32. The molecule has 1 atom stereocenters. The van der Waals surface area contributed by atoms with Gasteiger partial charge in [0, 0.05) is 11.1 Å². The number of aliphatic hydroxyl groups excluding tert-OH is 1. The molecule has 29 heavy (non-hydrogen) atoms. The van der Waals surface area contributed by atoms with Crippen LogP contribution in [0.2, 0.25) is 0 Å². The van der Waals surface area contributed by atoms with E-state index < -0.39 is 23.5 Å². The fraction of sp³-hybridized carbons (Fsp3) is 0.238. The van der Waals surface area contributed by atoms with Crippen molar-refractivity contribution in [1.82, 2.24) is 9.78 Å². The van der Waals surface area contributed by atoms with Gasteiger partial charge in [-0.2, -0.15) is 5.10 Å². The number of hydrogen-bond donors (Lipinski definition) is 2. The van der Waals surface area contributed by atoms with Crippen molar-refractivity contribution in [3.63, 3.8) is 0 Å². The Balaban J connectivity index is 1.83. The van der Waals surface area contributed by atoms with Crippen molar-refractivity contribution >= 4 is 28.3 Å². The number of amides is 1. The minimum atomic E-state index is -1.08. The van der Waals surface area contributed by atoms with Gasteiger partial charge in [-0.15, -0.1) is 0 Å². The second-order valence-electron chi connectivity index (χ2n) is 6.55. The highest BCUT2D eigenvalue weighted by Gasteiger charge is 2.23. The van der Waals surface area contributed by atoms with E-state index in [-0.39, 0.29) is 24.2 Å². The molecule has 0 aliphatic carbocycles. The number of fused-ring (bicyclic) bond motifs is 1. The first-order valence-corrected chi connectivity index (χ1v) is 9.10. The number of ether oxygens (including phenoxy) is 1. The molecule has 0 fully saturated rings. The van der Waals surface area contributed by atoms with E-state index in [1.54, 1.807) is 36.4 Å². The first-order valence-electron chi connectivity index (χ1n) is 9.10. The van der Waals surface area contributed by atoms with E-state index in [9.17, 15) is 14.4 Å². The number of nitrogens with zero attached hydrogens (tertiary/aromatic N) is 2. The topological polar surface area (TPSA) is 111 Å². The Morgan fingerprint density at radius 2 is 1.79 bits per heavy atom. The normalized spacial score (nSPS) is 11.8. The summed E-state index contributed by atoms with van der Waals surface area (Å²) in [6.45, 7) is 3.01. The minimum Gasteiger partial charge on any atom is -0.448 e. The molecule has 0 unspecified atom stereocenters. The lowest BCUT2D eigenvalue weighted by molar-refractivity contribution is -0.123. The molecule has 1 heterocycles. The molecule has 0 saturated carbocycles. The molecule has 1 aromatic heterocycles. The van der Waals surface area contributed by atoms with E-state index in [0.717, 1.165) is 10.2 Å². The molecule has 2 aromatic carbocycles. The SMILES string of the molecule is Cc1ccc(NC(=O)[C@H](C)OC(=O)c2nn(CCO)c(=O)c3ccccc23)cc1. The summed E-state index contributed by atoms with van der Waals surface area (Å²) in [4.78, 5) is 37.5. The molecule has 0 aliphatic rings. The first-order chi connectivity index (χ1) is 13.9. The highest BCUT2D eigenvalue weighted by atomic mass is 16.5. The molecule has 1 amide bonds. The highest BCUT2D eigenvalue weighted by Crippen LogP contribution is 2.16. The summed E-state index contributed by atoms with van der Waals surface area (Å²) in [6, 6.07) is 13.7. The number of aliphatic hydroxyl groups is 1. The molecule has 8 nitrogen and oxygen atoms in total. The zero-order valence-electron chi connectivity index (χ0n) is 16.1. The number of benzene rings is 2. The molecule has 3 aromatic rings.